The lowest BCUT2D eigenvalue weighted by Crippen LogP contribution is -2.33. The van der Waals surface area contributed by atoms with Crippen molar-refractivity contribution >= 4 is 23.2 Å². The summed E-state index contributed by atoms with van der Waals surface area (Å²) in [5, 5.41) is 13.8. The molecule has 0 spiro atoms. The highest BCUT2D eigenvalue weighted by molar-refractivity contribution is 7.09. The molecule has 4 nitrogen and oxygen atoms in total. The molecular formula is C13H17NO3S. The van der Waals surface area contributed by atoms with Crippen LogP contribution in [0.3, 0.4) is 0 Å². The van der Waals surface area contributed by atoms with E-state index in [9.17, 15) is 9.59 Å². The zero-order chi connectivity index (χ0) is 13.0. The molecule has 0 saturated heterocycles. The molecule has 1 saturated carbocycles. The first-order chi connectivity index (χ1) is 8.66. The fourth-order valence-electron chi connectivity index (χ4n) is 2.33. The molecule has 2 rings (SSSR count). The number of carbonyl (C=O) groups excluding carboxylic acids is 1. The molecule has 5 heteroatoms. The average molecular weight is 267 g/mol. The lowest BCUT2D eigenvalue weighted by Gasteiger charge is -2.25. The van der Waals surface area contributed by atoms with Crippen LogP contribution in [-0.4, -0.2) is 17.0 Å². The van der Waals surface area contributed by atoms with E-state index in [-0.39, 0.29) is 17.7 Å². The SMILES string of the molecule is O=C(O)C1CCC(C(=O)NCc2cccs2)CC1. The summed E-state index contributed by atoms with van der Waals surface area (Å²) >= 11 is 1.62. The molecule has 98 valence electrons. The number of hydrogen-bond donors (Lipinski definition) is 2. The molecule has 0 radical (unpaired) electrons. The number of hydrogen-bond acceptors (Lipinski definition) is 3. The lowest BCUT2D eigenvalue weighted by atomic mass is 9.81. The molecule has 0 aromatic carbocycles. The van der Waals surface area contributed by atoms with E-state index in [1.54, 1.807) is 11.3 Å². The van der Waals surface area contributed by atoms with Crippen LogP contribution in [0.5, 0.6) is 0 Å². The van der Waals surface area contributed by atoms with Gasteiger partial charge in [-0.2, -0.15) is 0 Å². The zero-order valence-corrected chi connectivity index (χ0v) is 10.9. The molecule has 18 heavy (non-hydrogen) atoms. The van der Waals surface area contributed by atoms with Crippen molar-refractivity contribution in [1.29, 1.82) is 0 Å². The smallest absolute Gasteiger partial charge is 0.306 e. The summed E-state index contributed by atoms with van der Waals surface area (Å²) in [4.78, 5) is 23.9. The molecule has 0 atom stereocenters. The predicted molar refractivity (Wildman–Crippen MR) is 69.2 cm³/mol. The maximum absolute atomic E-state index is 11.9. The molecule has 1 aromatic heterocycles. The van der Waals surface area contributed by atoms with Crippen LogP contribution in [0.2, 0.25) is 0 Å². The van der Waals surface area contributed by atoms with E-state index >= 15 is 0 Å². The summed E-state index contributed by atoms with van der Waals surface area (Å²) in [5.74, 6) is -0.938. The number of amides is 1. The summed E-state index contributed by atoms with van der Waals surface area (Å²) in [7, 11) is 0. The van der Waals surface area contributed by atoms with Crippen molar-refractivity contribution in [3.05, 3.63) is 22.4 Å². The molecule has 1 amide bonds. The van der Waals surface area contributed by atoms with Crippen LogP contribution in [0.1, 0.15) is 30.6 Å². The number of rotatable bonds is 4. The number of thiophene rings is 1. The molecule has 1 aliphatic carbocycles. The second kappa shape index (κ2) is 6.00. The summed E-state index contributed by atoms with van der Waals surface area (Å²) in [6.07, 6.45) is 2.61. The van der Waals surface area contributed by atoms with Crippen LogP contribution in [0.25, 0.3) is 0 Å². The standard InChI is InChI=1S/C13H17NO3S/c15-12(14-8-11-2-1-7-18-11)9-3-5-10(6-4-9)13(16)17/h1-2,7,9-10H,3-6,8H2,(H,14,15)(H,16,17). The maximum atomic E-state index is 11.9. The van der Waals surface area contributed by atoms with Gasteiger partial charge in [0.25, 0.3) is 0 Å². The van der Waals surface area contributed by atoms with Gasteiger partial charge in [-0.1, -0.05) is 6.07 Å². The molecule has 1 aromatic rings. The molecule has 1 heterocycles. The quantitative estimate of drug-likeness (QED) is 0.879. The van der Waals surface area contributed by atoms with Crippen molar-refractivity contribution in [2.45, 2.75) is 32.2 Å². The Morgan fingerprint density at radius 2 is 1.94 bits per heavy atom. The van der Waals surface area contributed by atoms with E-state index in [1.165, 1.54) is 0 Å². The lowest BCUT2D eigenvalue weighted by molar-refractivity contribution is -0.144. The molecular weight excluding hydrogens is 250 g/mol. The van der Waals surface area contributed by atoms with Crippen molar-refractivity contribution in [2.75, 3.05) is 0 Å². The highest BCUT2D eigenvalue weighted by Gasteiger charge is 2.29. The largest absolute Gasteiger partial charge is 0.481 e. The van der Waals surface area contributed by atoms with Crippen LogP contribution in [0, 0.1) is 11.8 Å². The van der Waals surface area contributed by atoms with Gasteiger partial charge in [0.2, 0.25) is 5.91 Å². The average Bonchev–Trinajstić information content (AvgIpc) is 2.89. The van der Waals surface area contributed by atoms with Gasteiger partial charge in [0.05, 0.1) is 12.5 Å². The molecule has 1 fully saturated rings. The van der Waals surface area contributed by atoms with E-state index < -0.39 is 5.97 Å². The minimum absolute atomic E-state index is 0.0134. The van der Waals surface area contributed by atoms with Crippen LogP contribution >= 0.6 is 11.3 Å². The van der Waals surface area contributed by atoms with E-state index in [0.717, 1.165) is 4.88 Å². The van der Waals surface area contributed by atoms with Gasteiger partial charge < -0.3 is 10.4 Å². The molecule has 1 aliphatic rings. The topological polar surface area (TPSA) is 66.4 Å². The van der Waals surface area contributed by atoms with Crippen molar-refractivity contribution < 1.29 is 14.7 Å². The van der Waals surface area contributed by atoms with Gasteiger partial charge in [-0.25, -0.2) is 0 Å². The van der Waals surface area contributed by atoms with Gasteiger partial charge in [-0.3, -0.25) is 9.59 Å². The van der Waals surface area contributed by atoms with E-state index in [4.69, 9.17) is 5.11 Å². The van der Waals surface area contributed by atoms with E-state index in [0.29, 0.717) is 32.2 Å². The third-order valence-corrected chi connectivity index (χ3v) is 4.34. The third-order valence-electron chi connectivity index (χ3n) is 3.46. The van der Waals surface area contributed by atoms with Crippen LogP contribution in [-0.2, 0) is 16.1 Å². The van der Waals surface area contributed by atoms with Crippen molar-refractivity contribution in [3.8, 4) is 0 Å². The second-order valence-electron chi connectivity index (χ2n) is 4.68. The van der Waals surface area contributed by atoms with Crippen LogP contribution in [0.15, 0.2) is 17.5 Å². The Bertz CT molecular complexity index is 408. The summed E-state index contributed by atoms with van der Waals surface area (Å²) in [5.41, 5.74) is 0. The molecule has 0 bridgehead atoms. The Hall–Kier alpha value is -1.36. The normalized spacial score (nSPS) is 23.6. The Morgan fingerprint density at radius 1 is 1.28 bits per heavy atom. The fraction of sp³-hybridized carbons (Fsp3) is 0.538. The Morgan fingerprint density at radius 3 is 2.50 bits per heavy atom. The van der Waals surface area contributed by atoms with Gasteiger partial charge in [0.15, 0.2) is 0 Å². The number of carbonyl (C=O) groups is 2. The van der Waals surface area contributed by atoms with E-state index in [2.05, 4.69) is 5.32 Å². The van der Waals surface area contributed by atoms with Gasteiger partial charge in [0, 0.05) is 10.8 Å². The summed E-state index contributed by atoms with van der Waals surface area (Å²) in [6, 6.07) is 3.95. The summed E-state index contributed by atoms with van der Waals surface area (Å²) < 4.78 is 0. The van der Waals surface area contributed by atoms with Crippen molar-refractivity contribution in [1.82, 2.24) is 5.32 Å². The Balaban J connectivity index is 1.75. The number of aliphatic carboxylic acids is 1. The maximum Gasteiger partial charge on any atom is 0.306 e. The first-order valence-electron chi connectivity index (χ1n) is 6.19. The minimum Gasteiger partial charge on any atom is -0.481 e. The first kappa shape index (κ1) is 13.1. The monoisotopic (exact) mass is 267 g/mol. The van der Waals surface area contributed by atoms with Gasteiger partial charge in [-0.05, 0) is 37.1 Å². The Kier molecular flexibility index (Phi) is 4.36. The van der Waals surface area contributed by atoms with Gasteiger partial charge in [0.1, 0.15) is 0 Å². The second-order valence-corrected chi connectivity index (χ2v) is 5.72. The number of carboxylic acids is 1. The van der Waals surface area contributed by atoms with Crippen molar-refractivity contribution in [3.63, 3.8) is 0 Å². The van der Waals surface area contributed by atoms with Crippen LogP contribution < -0.4 is 5.32 Å². The molecule has 0 aliphatic heterocycles. The zero-order valence-electron chi connectivity index (χ0n) is 10.1. The Labute approximate surface area is 110 Å². The summed E-state index contributed by atoms with van der Waals surface area (Å²) in [6.45, 7) is 0.579. The molecule has 2 N–H and O–H groups in total. The predicted octanol–water partition coefficient (Wildman–Crippen LogP) is 2.26. The molecule has 0 unspecified atom stereocenters. The number of nitrogens with one attached hydrogen (secondary N) is 1. The van der Waals surface area contributed by atoms with Crippen LogP contribution in [0.4, 0.5) is 0 Å². The van der Waals surface area contributed by atoms with Crippen molar-refractivity contribution in [2.24, 2.45) is 11.8 Å². The van der Waals surface area contributed by atoms with Gasteiger partial charge >= 0.3 is 5.97 Å². The van der Waals surface area contributed by atoms with E-state index in [1.807, 2.05) is 17.5 Å². The highest BCUT2D eigenvalue weighted by atomic mass is 32.1. The van der Waals surface area contributed by atoms with Gasteiger partial charge in [-0.15, -0.1) is 11.3 Å². The first-order valence-corrected chi connectivity index (χ1v) is 7.07. The fourth-order valence-corrected chi connectivity index (χ4v) is 2.98. The number of carboxylic acid groups (broad SMARTS) is 1. The third kappa shape index (κ3) is 3.32. The minimum atomic E-state index is -0.729. The highest BCUT2D eigenvalue weighted by Crippen LogP contribution is 2.29.